The van der Waals surface area contributed by atoms with Gasteiger partial charge in [0.25, 0.3) is 5.91 Å². The number of benzene rings is 2. The van der Waals surface area contributed by atoms with Crippen molar-refractivity contribution in [1.82, 2.24) is 0 Å². The second-order valence-electron chi connectivity index (χ2n) is 5.05. The van der Waals surface area contributed by atoms with Gasteiger partial charge in [0, 0.05) is 28.1 Å². The van der Waals surface area contributed by atoms with Crippen molar-refractivity contribution < 1.29 is 14.7 Å². The Bertz CT molecular complexity index is 857. The predicted octanol–water partition coefficient (Wildman–Crippen LogP) is 4.31. The Morgan fingerprint density at radius 3 is 2.26 bits per heavy atom. The van der Waals surface area contributed by atoms with Crippen molar-refractivity contribution in [2.24, 2.45) is 0 Å². The van der Waals surface area contributed by atoms with Crippen molar-refractivity contribution in [2.75, 3.05) is 4.90 Å². The van der Waals surface area contributed by atoms with Crippen LogP contribution in [-0.2, 0) is 9.59 Å². The Labute approximate surface area is 142 Å². The number of nitrogens with zero attached hydrogens (tertiary/aromatic N) is 1. The maximum absolute atomic E-state index is 12.6. The lowest BCUT2D eigenvalue weighted by molar-refractivity contribution is -0.122. The molecule has 0 bridgehead atoms. The van der Waals surface area contributed by atoms with E-state index in [2.05, 4.69) is 0 Å². The Morgan fingerprint density at radius 2 is 1.65 bits per heavy atom. The average Bonchev–Trinajstić information content (AvgIpc) is 2.78. The number of rotatable bonds is 1. The fourth-order valence-corrected chi connectivity index (χ4v) is 2.82. The van der Waals surface area contributed by atoms with Gasteiger partial charge in [0.1, 0.15) is 5.76 Å². The minimum atomic E-state index is -0.581. The highest BCUT2D eigenvalue weighted by atomic mass is 35.5. The molecule has 3 rings (SSSR count). The molecular weight excluding hydrogens is 337 g/mol. The third-order valence-corrected chi connectivity index (χ3v) is 4.04. The minimum absolute atomic E-state index is 0.0641. The lowest BCUT2D eigenvalue weighted by Crippen LogP contribution is -2.31. The summed E-state index contributed by atoms with van der Waals surface area (Å²) >= 11 is 11.8. The van der Waals surface area contributed by atoms with Crippen LogP contribution in [0.25, 0.3) is 11.3 Å². The third kappa shape index (κ3) is 2.60. The van der Waals surface area contributed by atoms with Crippen molar-refractivity contribution >= 4 is 52.0 Å². The molecule has 1 heterocycles. The molecule has 0 saturated carbocycles. The number of halogens is 2. The highest BCUT2D eigenvalue weighted by Crippen LogP contribution is 2.41. The molecule has 6 heteroatoms. The van der Waals surface area contributed by atoms with Crippen LogP contribution in [0.2, 0.25) is 10.0 Å². The number of hydrogen-bond donors (Lipinski definition) is 1. The number of fused-ring (bicyclic) bond motifs is 1. The van der Waals surface area contributed by atoms with Crippen LogP contribution in [0.15, 0.2) is 42.5 Å². The maximum atomic E-state index is 12.6. The van der Waals surface area contributed by atoms with Gasteiger partial charge in [0.2, 0.25) is 5.91 Å². The lowest BCUT2D eigenvalue weighted by atomic mass is 10.0. The van der Waals surface area contributed by atoms with Crippen LogP contribution in [0.5, 0.6) is 0 Å². The largest absolute Gasteiger partial charge is 0.506 e. The van der Waals surface area contributed by atoms with Crippen molar-refractivity contribution in [3.8, 4) is 0 Å². The van der Waals surface area contributed by atoms with Crippen LogP contribution in [-0.4, -0.2) is 16.9 Å². The predicted molar refractivity (Wildman–Crippen MR) is 90.5 cm³/mol. The first-order valence-corrected chi connectivity index (χ1v) is 7.50. The van der Waals surface area contributed by atoms with Gasteiger partial charge in [-0.15, -0.1) is 0 Å². The molecule has 0 spiro atoms. The van der Waals surface area contributed by atoms with Gasteiger partial charge < -0.3 is 5.11 Å². The fraction of sp³-hybridized carbons (Fsp3) is 0.0588. The molecule has 23 heavy (non-hydrogen) atoms. The van der Waals surface area contributed by atoms with Gasteiger partial charge in [-0.2, -0.15) is 0 Å². The number of carbonyl (C=O) groups is 2. The van der Waals surface area contributed by atoms with E-state index in [4.69, 9.17) is 23.2 Å². The molecule has 1 aliphatic heterocycles. The molecule has 0 saturated heterocycles. The van der Waals surface area contributed by atoms with E-state index in [9.17, 15) is 14.7 Å². The second-order valence-corrected chi connectivity index (χ2v) is 5.92. The Balaban J connectivity index is 2.24. The summed E-state index contributed by atoms with van der Waals surface area (Å²) in [7, 11) is 0. The number of hydrogen-bond acceptors (Lipinski definition) is 3. The van der Waals surface area contributed by atoms with Gasteiger partial charge in [-0.3, -0.25) is 9.59 Å². The van der Waals surface area contributed by atoms with Gasteiger partial charge in [0.05, 0.1) is 11.3 Å². The Morgan fingerprint density at radius 1 is 1.04 bits per heavy atom. The minimum Gasteiger partial charge on any atom is -0.506 e. The topological polar surface area (TPSA) is 57.6 Å². The molecule has 1 aliphatic rings. The molecule has 4 nitrogen and oxygen atoms in total. The zero-order chi connectivity index (χ0) is 16.7. The Kier molecular flexibility index (Phi) is 3.88. The average molecular weight is 348 g/mol. The van der Waals surface area contributed by atoms with E-state index in [1.165, 1.54) is 13.0 Å². The number of carbonyl (C=O) groups excluding carboxylic acids is 2. The Hall–Kier alpha value is -2.30. The molecular formula is C17H11Cl2NO3. The number of aliphatic hydroxyl groups is 1. The number of imide groups is 1. The van der Waals surface area contributed by atoms with Crippen LogP contribution < -0.4 is 4.90 Å². The van der Waals surface area contributed by atoms with Crippen LogP contribution >= 0.6 is 23.2 Å². The van der Waals surface area contributed by atoms with E-state index in [1.807, 2.05) is 0 Å². The van der Waals surface area contributed by atoms with Gasteiger partial charge in [-0.1, -0.05) is 29.3 Å². The molecule has 0 aromatic heterocycles. The SMILES string of the molecule is CC(=O)N1C(=O)C(=C(O)c2ccc(Cl)cc2)c2ccc(Cl)cc21. The van der Waals surface area contributed by atoms with E-state index in [1.54, 1.807) is 36.4 Å². The fourth-order valence-electron chi connectivity index (χ4n) is 2.53. The van der Waals surface area contributed by atoms with E-state index >= 15 is 0 Å². The quantitative estimate of drug-likeness (QED) is 0.617. The zero-order valence-corrected chi connectivity index (χ0v) is 13.5. The van der Waals surface area contributed by atoms with Gasteiger partial charge in [-0.25, -0.2) is 4.90 Å². The van der Waals surface area contributed by atoms with Crippen LogP contribution in [0.3, 0.4) is 0 Å². The van der Waals surface area contributed by atoms with Gasteiger partial charge in [0.15, 0.2) is 0 Å². The second kappa shape index (κ2) is 5.72. The zero-order valence-electron chi connectivity index (χ0n) is 12.0. The summed E-state index contributed by atoms with van der Waals surface area (Å²) in [5, 5.41) is 11.5. The summed E-state index contributed by atoms with van der Waals surface area (Å²) < 4.78 is 0. The highest BCUT2D eigenvalue weighted by Gasteiger charge is 2.37. The summed E-state index contributed by atoms with van der Waals surface area (Å²) in [5.41, 5.74) is 1.32. The first-order valence-electron chi connectivity index (χ1n) is 6.74. The molecule has 0 unspecified atom stereocenters. The van der Waals surface area contributed by atoms with Crippen molar-refractivity contribution in [1.29, 1.82) is 0 Å². The van der Waals surface area contributed by atoms with Crippen LogP contribution in [0.1, 0.15) is 18.1 Å². The third-order valence-electron chi connectivity index (χ3n) is 3.56. The highest BCUT2D eigenvalue weighted by molar-refractivity contribution is 6.43. The molecule has 0 atom stereocenters. The van der Waals surface area contributed by atoms with Gasteiger partial charge >= 0.3 is 0 Å². The summed E-state index contributed by atoms with van der Waals surface area (Å²) in [5.74, 6) is -1.24. The first kappa shape index (κ1) is 15.6. The maximum Gasteiger partial charge on any atom is 0.269 e. The first-order chi connectivity index (χ1) is 10.9. The van der Waals surface area contributed by atoms with Gasteiger partial charge in [-0.05, 0) is 36.4 Å². The number of amides is 2. The van der Waals surface area contributed by atoms with E-state index in [0.717, 1.165) is 4.90 Å². The molecule has 0 aliphatic carbocycles. The number of aliphatic hydroxyl groups excluding tert-OH is 1. The van der Waals surface area contributed by atoms with Crippen molar-refractivity contribution in [2.45, 2.75) is 6.92 Å². The summed E-state index contributed by atoms with van der Waals surface area (Å²) in [4.78, 5) is 25.4. The van der Waals surface area contributed by atoms with E-state index < -0.39 is 11.8 Å². The summed E-state index contributed by atoms with van der Waals surface area (Å²) in [6.45, 7) is 1.28. The normalized spacial score (nSPS) is 15.6. The van der Waals surface area contributed by atoms with E-state index in [-0.39, 0.29) is 11.3 Å². The standard InChI is InChI=1S/C17H11Cl2NO3/c1-9(21)20-14-8-12(19)6-7-13(14)15(17(20)23)16(22)10-2-4-11(18)5-3-10/h2-8,22H,1H3. The van der Waals surface area contributed by atoms with Crippen LogP contribution in [0, 0.1) is 0 Å². The summed E-state index contributed by atoms with van der Waals surface area (Å²) in [6, 6.07) is 11.2. The molecule has 2 amide bonds. The molecule has 0 radical (unpaired) electrons. The monoisotopic (exact) mass is 347 g/mol. The molecule has 0 fully saturated rings. The molecule has 1 N–H and O–H groups in total. The number of anilines is 1. The van der Waals surface area contributed by atoms with Crippen molar-refractivity contribution in [3.05, 3.63) is 63.6 Å². The molecule has 2 aromatic rings. The molecule has 2 aromatic carbocycles. The van der Waals surface area contributed by atoms with E-state index in [0.29, 0.717) is 26.9 Å². The van der Waals surface area contributed by atoms with Crippen LogP contribution in [0.4, 0.5) is 5.69 Å². The smallest absolute Gasteiger partial charge is 0.269 e. The summed E-state index contributed by atoms with van der Waals surface area (Å²) in [6.07, 6.45) is 0. The lowest BCUT2D eigenvalue weighted by Gasteiger charge is -2.12. The molecule has 116 valence electrons. The van der Waals surface area contributed by atoms with Crippen molar-refractivity contribution in [3.63, 3.8) is 0 Å².